The highest BCUT2D eigenvalue weighted by Crippen LogP contribution is 2.03. The van der Waals surface area contributed by atoms with Crippen molar-refractivity contribution in [1.29, 1.82) is 0 Å². The quantitative estimate of drug-likeness (QED) is 0.735. The molecule has 1 atom stereocenters. The molecule has 0 fully saturated rings. The Morgan fingerprint density at radius 1 is 1.69 bits per heavy atom. The molecular formula is C11H17N3O2. The smallest absolute Gasteiger partial charge is 0.239 e. The van der Waals surface area contributed by atoms with Gasteiger partial charge in [0.25, 0.3) is 0 Å². The van der Waals surface area contributed by atoms with Gasteiger partial charge in [0, 0.05) is 26.0 Å². The first-order valence-corrected chi connectivity index (χ1v) is 5.07. The summed E-state index contributed by atoms with van der Waals surface area (Å²) in [5.74, 6) is -0.210. The van der Waals surface area contributed by atoms with E-state index >= 15 is 0 Å². The second-order valence-corrected chi connectivity index (χ2v) is 3.58. The van der Waals surface area contributed by atoms with Gasteiger partial charge < -0.3 is 15.8 Å². The van der Waals surface area contributed by atoms with Gasteiger partial charge in [0.2, 0.25) is 5.91 Å². The first-order chi connectivity index (χ1) is 7.65. The maximum atomic E-state index is 11.5. The number of aryl methyl sites for hydroxylation is 1. The monoisotopic (exact) mass is 223 g/mol. The average molecular weight is 223 g/mol. The summed E-state index contributed by atoms with van der Waals surface area (Å²) < 4.78 is 4.80. The van der Waals surface area contributed by atoms with Crippen molar-refractivity contribution in [2.24, 2.45) is 5.73 Å². The number of carbonyl (C=O) groups is 1. The van der Waals surface area contributed by atoms with Crippen LogP contribution in [0.2, 0.25) is 0 Å². The molecule has 16 heavy (non-hydrogen) atoms. The summed E-state index contributed by atoms with van der Waals surface area (Å²) in [6.45, 7) is 2.63. The zero-order chi connectivity index (χ0) is 12.0. The molecule has 88 valence electrons. The maximum Gasteiger partial charge on any atom is 0.239 e. The summed E-state index contributed by atoms with van der Waals surface area (Å²) in [6, 6.07) is 1.25. The molecule has 1 amide bonds. The lowest BCUT2D eigenvalue weighted by molar-refractivity contribution is -0.123. The van der Waals surface area contributed by atoms with Crippen molar-refractivity contribution < 1.29 is 9.53 Å². The number of nitrogens with zero attached hydrogens (tertiary/aromatic N) is 1. The Morgan fingerprint density at radius 3 is 3.06 bits per heavy atom. The number of nitrogens with one attached hydrogen (secondary N) is 1. The van der Waals surface area contributed by atoms with Crippen LogP contribution in [0, 0.1) is 6.92 Å². The SMILES string of the molecule is COCC(N)C(=O)NCc1ccncc1C. The highest BCUT2D eigenvalue weighted by Gasteiger charge is 2.12. The minimum atomic E-state index is -0.618. The Hall–Kier alpha value is -1.46. The molecule has 0 radical (unpaired) electrons. The van der Waals surface area contributed by atoms with Crippen LogP contribution >= 0.6 is 0 Å². The van der Waals surface area contributed by atoms with Gasteiger partial charge in [0.1, 0.15) is 6.04 Å². The maximum absolute atomic E-state index is 11.5. The van der Waals surface area contributed by atoms with E-state index in [9.17, 15) is 4.79 Å². The van der Waals surface area contributed by atoms with Gasteiger partial charge >= 0.3 is 0 Å². The topological polar surface area (TPSA) is 77.2 Å². The molecule has 0 saturated carbocycles. The number of carbonyl (C=O) groups excluding carboxylic acids is 1. The Labute approximate surface area is 95.0 Å². The van der Waals surface area contributed by atoms with Gasteiger partial charge in [0.15, 0.2) is 0 Å². The molecule has 0 aliphatic carbocycles. The van der Waals surface area contributed by atoms with Crippen LogP contribution in [0.15, 0.2) is 18.5 Å². The molecule has 1 aromatic heterocycles. The van der Waals surface area contributed by atoms with Gasteiger partial charge in [-0.2, -0.15) is 0 Å². The van der Waals surface area contributed by atoms with Gasteiger partial charge in [-0.05, 0) is 24.1 Å². The Kier molecular flexibility index (Phi) is 4.88. The molecule has 5 heteroatoms. The molecule has 0 aliphatic rings. The lowest BCUT2D eigenvalue weighted by Crippen LogP contribution is -2.43. The van der Waals surface area contributed by atoms with Crippen LogP contribution in [0.5, 0.6) is 0 Å². The number of aromatic nitrogens is 1. The van der Waals surface area contributed by atoms with E-state index in [4.69, 9.17) is 10.5 Å². The molecule has 1 rings (SSSR count). The van der Waals surface area contributed by atoms with Crippen LogP contribution in [0.1, 0.15) is 11.1 Å². The summed E-state index contributed by atoms with van der Waals surface area (Å²) in [7, 11) is 1.51. The highest BCUT2D eigenvalue weighted by molar-refractivity contribution is 5.81. The van der Waals surface area contributed by atoms with Gasteiger partial charge in [0.05, 0.1) is 6.61 Å². The Bertz CT molecular complexity index is 355. The van der Waals surface area contributed by atoms with E-state index < -0.39 is 6.04 Å². The summed E-state index contributed by atoms with van der Waals surface area (Å²) in [4.78, 5) is 15.5. The molecular weight excluding hydrogens is 206 g/mol. The summed E-state index contributed by atoms with van der Waals surface area (Å²) in [5, 5.41) is 2.75. The minimum absolute atomic E-state index is 0.210. The Morgan fingerprint density at radius 2 is 2.44 bits per heavy atom. The van der Waals surface area contributed by atoms with Crippen molar-refractivity contribution >= 4 is 5.91 Å². The second-order valence-electron chi connectivity index (χ2n) is 3.58. The number of ether oxygens (including phenoxy) is 1. The van der Waals surface area contributed by atoms with Gasteiger partial charge in [-0.3, -0.25) is 9.78 Å². The fraction of sp³-hybridized carbons (Fsp3) is 0.455. The predicted octanol–water partition coefficient (Wildman–Crippen LogP) is -0.0201. The van der Waals surface area contributed by atoms with Crippen LogP contribution in [0.25, 0.3) is 0 Å². The highest BCUT2D eigenvalue weighted by atomic mass is 16.5. The zero-order valence-corrected chi connectivity index (χ0v) is 9.56. The van der Waals surface area contributed by atoms with Gasteiger partial charge in [-0.1, -0.05) is 0 Å². The van der Waals surface area contributed by atoms with Gasteiger partial charge in [-0.15, -0.1) is 0 Å². The molecule has 5 nitrogen and oxygen atoms in total. The predicted molar refractivity (Wildman–Crippen MR) is 60.7 cm³/mol. The second kappa shape index (κ2) is 6.19. The van der Waals surface area contributed by atoms with Gasteiger partial charge in [-0.25, -0.2) is 0 Å². The lowest BCUT2D eigenvalue weighted by atomic mass is 10.1. The van der Waals surface area contributed by atoms with E-state index in [1.807, 2.05) is 13.0 Å². The van der Waals surface area contributed by atoms with Crippen molar-refractivity contribution in [2.75, 3.05) is 13.7 Å². The molecule has 0 aliphatic heterocycles. The largest absolute Gasteiger partial charge is 0.383 e. The summed E-state index contributed by atoms with van der Waals surface area (Å²) in [6.07, 6.45) is 3.46. The van der Waals surface area contributed by atoms with E-state index in [0.717, 1.165) is 11.1 Å². The number of nitrogens with two attached hydrogens (primary N) is 1. The third-order valence-electron chi connectivity index (χ3n) is 2.27. The third kappa shape index (κ3) is 3.60. The number of amides is 1. The molecule has 0 bridgehead atoms. The van der Waals surface area contributed by atoms with Crippen molar-refractivity contribution in [1.82, 2.24) is 10.3 Å². The molecule has 0 spiro atoms. The molecule has 0 aromatic carbocycles. The first kappa shape index (κ1) is 12.6. The van der Waals surface area contributed by atoms with E-state index in [1.54, 1.807) is 12.4 Å². The normalized spacial score (nSPS) is 12.2. The number of hydrogen-bond acceptors (Lipinski definition) is 4. The third-order valence-corrected chi connectivity index (χ3v) is 2.27. The molecule has 1 unspecified atom stereocenters. The van der Waals surface area contributed by atoms with Crippen LogP contribution in [0.4, 0.5) is 0 Å². The van der Waals surface area contributed by atoms with Crippen molar-refractivity contribution in [2.45, 2.75) is 19.5 Å². The van der Waals surface area contributed by atoms with E-state index in [-0.39, 0.29) is 12.5 Å². The summed E-state index contributed by atoms with van der Waals surface area (Å²) in [5.41, 5.74) is 7.66. The van der Waals surface area contributed by atoms with Crippen LogP contribution in [-0.4, -0.2) is 30.6 Å². The Balaban J connectivity index is 2.46. The van der Waals surface area contributed by atoms with E-state index in [2.05, 4.69) is 10.3 Å². The molecule has 1 aromatic rings. The van der Waals surface area contributed by atoms with E-state index in [0.29, 0.717) is 6.54 Å². The minimum Gasteiger partial charge on any atom is -0.383 e. The van der Waals surface area contributed by atoms with E-state index in [1.165, 1.54) is 7.11 Å². The molecule has 3 N–H and O–H groups in total. The van der Waals surface area contributed by atoms with Crippen molar-refractivity contribution in [3.63, 3.8) is 0 Å². The van der Waals surface area contributed by atoms with Crippen LogP contribution < -0.4 is 11.1 Å². The van der Waals surface area contributed by atoms with Crippen molar-refractivity contribution in [3.8, 4) is 0 Å². The number of hydrogen-bond donors (Lipinski definition) is 2. The zero-order valence-electron chi connectivity index (χ0n) is 9.56. The first-order valence-electron chi connectivity index (χ1n) is 5.07. The van der Waals surface area contributed by atoms with Crippen LogP contribution in [-0.2, 0) is 16.1 Å². The molecule has 1 heterocycles. The summed E-state index contributed by atoms with van der Waals surface area (Å²) >= 11 is 0. The number of pyridine rings is 1. The standard InChI is InChI=1S/C11H17N3O2/c1-8-5-13-4-3-9(8)6-14-11(15)10(12)7-16-2/h3-5,10H,6-7,12H2,1-2H3,(H,14,15). The van der Waals surface area contributed by atoms with Crippen LogP contribution in [0.3, 0.4) is 0 Å². The molecule has 0 saturated heterocycles. The van der Waals surface area contributed by atoms with Crippen molar-refractivity contribution in [3.05, 3.63) is 29.6 Å². The fourth-order valence-corrected chi connectivity index (χ4v) is 1.27. The average Bonchev–Trinajstić information content (AvgIpc) is 2.28. The fourth-order valence-electron chi connectivity index (χ4n) is 1.27. The number of rotatable bonds is 5. The number of methoxy groups -OCH3 is 1. The lowest BCUT2D eigenvalue weighted by Gasteiger charge is -2.12.